The third-order valence-electron chi connectivity index (χ3n) is 3.90. The number of hydrogen-bond acceptors (Lipinski definition) is 4. The first-order valence-corrected chi connectivity index (χ1v) is 8.38. The Morgan fingerprint density at radius 1 is 1.14 bits per heavy atom. The third-order valence-corrected chi connectivity index (χ3v) is 4.39. The molecule has 0 aliphatic carbocycles. The van der Waals surface area contributed by atoms with E-state index in [2.05, 4.69) is 10.1 Å². The van der Waals surface area contributed by atoms with Gasteiger partial charge in [0, 0.05) is 22.8 Å². The molecule has 2 aromatic rings. The second-order valence-corrected chi connectivity index (χ2v) is 6.60. The van der Waals surface area contributed by atoms with Crippen molar-refractivity contribution in [2.75, 3.05) is 17.3 Å². The zero-order valence-corrected chi connectivity index (χ0v) is 15.5. The number of hydrogen-bond donors (Lipinski definition) is 1. The Morgan fingerprint density at radius 3 is 2.36 bits per heavy atom. The summed E-state index contributed by atoms with van der Waals surface area (Å²) in [6.45, 7) is 0. The zero-order chi connectivity index (χ0) is 20.7. The minimum absolute atomic E-state index is 0.0748. The summed E-state index contributed by atoms with van der Waals surface area (Å²) < 4.78 is 51.2. The van der Waals surface area contributed by atoms with Crippen LogP contribution in [0.1, 0.15) is 5.56 Å². The number of anilines is 2. The van der Waals surface area contributed by atoms with Crippen molar-refractivity contribution in [3.05, 3.63) is 58.1 Å². The molecule has 11 heteroatoms. The van der Waals surface area contributed by atoms with Crippen molar-refractivity contribution in [2.45, 2.75) is 12.0 Å². The van der Waals surface area contributed by atoms with Gasteiger partial charge in [0.25, 0.3) is 0 Å². The van der Waals surface area contributed by atoms with Gasteiger partial charge < -0.3 is 9.47 Å². The highest BCUT2D eigenvalue weighted by Crippen LogP contribution is 2.49. The fourth-order valence-electron chi connectivity index (χ4n) is 2.52. The monoisotopic (exact) mass is 434 g/mol. The molecule has 148 valence electrons. The zero-order valence-electron chi connectivity index (χ0n) is 14.0. The summed E-state index contributed by atoms with van der Waals surface area (Å²) in [6, 6.07) is 9.02. The summed E-state index contributed by atoms with van der Waals surface area (Å²) in [5.41, 5.74) is -0.705. The maximum absolute atomic E-state index is 14.0. The number of halogens is 5. The predicted molar refractivity (Wildman–Crippen MR) is 95.6 cm³/mol. The number of amides is 2. The van der Waals surface area contributed by atoms with Crippen LogP contribution in [0.25, 0.3) is 0 Å². The summed E-state index contributed by atoms with van der Waals surface area (Å²) in [7, 11) is 1.19. The fraction of sp³-hybridized carbons (Fsp3) is 0.176. The number of cyclic esters (lactones) is 1. The van der Waals surface area contributed by atoms with Crippen LogP contribution < -0.4 is 10.2 Å². The van der Waals surface area contributed by atoms with Gasteiger partial charge in [-0.15, -0.1) is 0 Å². The van der Waals surface area contributed by atoms with Crippen LogP contribution in [0.2, 0.25) is 10.0 Å². The first-order chi connectivity index (χ1) is 13.0. The number of nitrogens with zero attached hydrogens (tertiary/aromatic N) is 1. The quantitative estimate of drug-likeness (QED) is 0.673. The van der Waals surface area contributed by atoms with Crippen molar-refractivity contribution in [3.63, 3.8) is 0 Å². The van der Waals surface area contributed by atoms with Crippen molar-refractivity contribution in [1.82, 2.24) is 0 Å². The van der Waals surface area contributed by atoms with Crippen LogP contribution in [0.3, 0.4) is 0 Å². The Balaban J connectivity index is 2.04. The predicted octanol–water partition coefficient (Wildman–Crippen LogP) is 5.54. The van der Waals surface area contributed by atoms with Gasteiger partial charge in [-0.05, 0) is 42.5 Å². The first kappa shape index (κ1) is 20.1. The van der Waals surface area contributed by atoms with Crippen molar-refractivity contribution in [2.24, 2.45) is 0 Å². The Labute approximate surface area is 166 Å². The van der Waals surface area contributed by atoms with Crippen molar-refractivity contribution >= 4 is 46.8 Å². The van der Waals surface area contributed by atoms with E-state index in [1.165, 1.54) is 37.4 Å². The minimum Gasteiger partial charge on any atom is -0.393 e. The Morgan fingerprint density at radius 2 is 1.75 bits per heavy atom. The van der Waals surface area contributed by atoms with Crippen molar-refractivity contribution in [1.29, 1.82) is 0 Å². The molecule has 3 rings (SSSR count). The molecule has 0 aromatic heterocycles. The topological polar surface area (TPSA) is 67.9 Å². The van der Waals surface area contributed by atoms with Gasteiger partial charge in [0.15, 0.2) is 0 Å². The summed E-state index contributed by atoms with van der Waals surface area (Å²) in [5, 5.41) is 2.41. The lowest BCUT2D eigenvalue weighted by Crippen LogP contribution is -2.54. The van der Waals surface area contributed by atoms with Gasteiger partial charge in [0.1, 0.15) is 0 Å². The highest BCUT2D eigenvalue weighted by Gasteiger charge is 2.66. The molecular formula is C17H11Cl2F3N2O4. The van der Waals surface area contributed by atoms with Crippen LogP contribution in [-0.2, 0) is 15.3 Å². The lowest BCUT2D eigenvalue weighted by Gasteiger charge is -2.38. The fourth-order valence-corrected chi connectivity index (χ4v) is 2.82. The summed E-state index contributed by atoms with van der Waals surface area (Å²) in [5.74, 6) is -3.67. The highest BCUT2D eigenvalue weighted by atomic mass is 35.5. The molecule has 2 amide bonds. The SMILES string of the molecule is CN(C(=O)OC1(C(F)(F)F)OC(=O)Nc2ccc(Cl)cc21)c1ccc(Cl)cc1. The number of nitrogens with one attached hydrogen (secondary N) is 1. The molecule has 0 spiro atoms. The smallest absolute Gasteiger partial charge is 0.393 e. The minimum atomic E-state index is -5.29. The molecule has 28 heavy (non-hydrogen) atoms. The van der Waals surface area contributed by atoms with Crippen molar-refractivity contribution in [3.8, 4) is 0 Å². The van der Waals surface area contributed by atoms with E-state index >= 15 is 0 Å². The molecular weight excluding hydrogens is 424 g/mol. The molecule has 1 atom stereocenters. The van der Waals surface area contributed by atoms with Crippen molar-refractivity contribution < 1.29 is 32.2 Å². The number of alkyl halides is 3. The first-order valence-electron chi connectivity index (χ1n) is 7.62. The molecule has 0 radical (unpaired) electrons. The number of ether oxygens (including phenoxy) is 2. The lowest BCUT2D eigenvalue weighted by molar-refractivity contribution is -0.350. The van der Waals surface area contributed by atoms with Crippen LogP contribution >= 0.6 is 23.2 Å². The number of carbonyl (C=O) groups excluding carboxylic acids is 2. The second kappa shape index (κ2) is 7.06. The van der Waals surface area contributed by atoms with Crippen LogP contribution in [-0.4, -0.2) is 25.4 Å². The molecule has 0 saturated heterocycles. The van der Waals surface area contributed by atoms with E-state index in [0.717, 1.165) is 17.0 Å². The average Bonchev–Trinajstić information content (AvgIpc) is 2.61. The summed E-state index contributed by atoms with van der Waals surface area (Å²) >= 11 is 11.6. The van der Waals surface area contributed by atoms with Gasteiger partial charge in [0.2, 0.25) is 0 Å². The van der Waals surface area contributed by atoms with E-state index < -0.39 is 29.7 Å². The molecule has 0 saturated carbocycles. The molecule has 1 heterocycles. The second-order valence-electron chi connectivity index (χ2n) is 5.72. The molecule has 0 fully saturated rings. The van der Waals surface area contributed by atoms with Gasteiger partial charge in [0.05, 0.1) is 11.3 Å². The molecule has 1 N–H and O–H groups in total. The van der Waals surface area contributed by atoms with Gasteiger partial charge in [-0.25, -0.2) is 9.59 Å². The highest BCUT2D eigenvalue weighted by molar-refractivity contribution is 6.31. The average molecular weight is 435 g/mol. The van der Waals surface area contributed by atoms with E-state index in [1.54, 1.807) is 0 Å². The van der Waals surface area contributed by atoms with Gasteiger partial charge in [-0.3, -0.25) is 10.2 Å². The molecule has 6 nitrogen and oxygen atoms in total. The van der Waals surface area contributed by atoms with Gasteiger partial charge in [-0.2, -0.15) is 13.2 Å². The molecule has 1 aliphatic heterocycles. The van der Waals surface area contributed by atoms with Gasteiger partial charge >= 0.3 is 24.1 Å². The van der Waals surface area contributed by atoms with Gasteiger partial charge in [-0.1, -0.05) is 23.2 Å². The Bertz CT molecular complexity index is 937. The Kier molecular flexibility index (Phi) is 5.07. The standard InChI is InChI=1S/C17H11Cl2F3N2O4/c1-24(11-5-2-9(18)3-6-11)15(26)28-16(17(20,21)22)12-8-10(19)4-7-13(12)23-14(25)27-16/h2-8H,1H3,(H,23,25). The lowest BCUT2D eigenvalue weighted by atomic mass is 10.0. The largest absolute Gasteiger partial charge is 0.473 e. The molecule has 1 unspecified atom stereocenters. The van der Waals surface area contributed by atoms with E-state index in [1.807, 2.05) is 0 Å². The van der Waals surface area contributed by atoms with Crippen LogP contribution in [0.4, 0.5) is 34.1 Å². The van der Waals surface area contributed by atoms with Crippen LogP contribution in [0.15, 0.2) is 42.5 Å². The maximum Gasteiger partial charge on any atom is 0.473 e. The normalized spacial score (nSPS) is 18.6. The summed E-state index contributed by atoms with van der Waals surface area (Å²) in [4.78, 5) is 25.0. The Hall–Kier alpha value is -2.65. The van der Waals surface area contributed by atoms with E-state index in [0.29, 0.717) is 5.02 Å². The maximum atomic E-state index is 14.0. The van der Waals surface area contributed by atoms with E-state index in [4.69, 9.17) is 27.9 Å². The van der Waals surface area contributed by atoms with Crippen LogP contribution in [0.5, 0.6) is 0 Å². The molecule has 0 bridgehead atoms. The third kappa shape index (κ3) is 3.55. The molecule has 2 aromatic carbocycles. The van der Waals surface area contributed by atoms with E-state index in [-0.39, 0.29) is 16.4 Å². The number of carbonyl (C=O) groups is 2. The molecule has 1 aliphatic rings. The number of rotatable bonds is 2. The summed E-state index contributed by atoms with van der Waals surface area (Å²) in [6.07, 6.45) is -8.14. The van der Waals surface area contributed by atoms with Crippen LogP contribution in [0, 0.1) is 0 Å². The number of benzene rings is 2. The number of fused-ring (bicyclic) bond motifs is 1. The van der Waals surface area contributed by atoms with E-state index in [9.17, 15) is 22.8 Å².